The Kier molecular flexibility index (Phi) is 2.28. The number of methoxy groups -OCH3 is 1. The number of benzene rings is 1. The lowest BCUT2D eigenvalue weighted by Crippen LogP contribution is -2.04. The standard InChI is InChI=1S/C12H14O2/c1-8-7-10(8)12(13)9-5-3-4-6-11(9)14-2/h3-6,8,10H,7H2,1-2H3. The van der Waals surface area contributed by atoms with E-state index < -0.39 is 0 Å². The molecule has 0 aliphatic heterocycles. The maximum absolute atomic E-state index is 11.9. The van der Waals surface area contributed by atoms with Crippen LogP contribution in [0.1, 0.15) is 23.7 Å². The number of hydrogen-bond acceptors (Lipinski definition) is 2. The zero-order chi connectivity index (χ0) is 10.1. The Bertz CT molecular complexity index is 357. The largest absolute Gasteiger partial charge is 0.496 e. The summed E-state index contributed by atoms with van der Waals surface area (Å²) in [6, 6.07) is 7.43. The monoisotopic (exact) mass is 190 g/mol. The Morgan fingerprint density at radius 1 is 1.43 bits per heavy atom. The molecule has 2 heteroatoms. The highest BCUT2D eigenvalue weighted by Gasteiger charge is 2.40. The van der Waals surface area contributed by atoms with Crippen molar-refractivity contribution in [3.63, 3.8) is 0 Å². The van der Waals surface area contributed by atoms with Crippen LogP contribution in [0.5, 0.6) is 5.75 Å². The van der Waals surface area contributed by atoms with Crippen LogP contribution in [-0.4, -0.2) is 12.9 Å². The number of carbonyl (C=O) groups is 1. The molecular weight excluding hydrogens is 176 g/mol. The van der Waals surface area contributed by atoms with Crippen molar-refractivity contribution >= 4 is 5.78 Å². The van der Waals surface area contributed by atoms with E-state index >= 15 is 0 Å². The average molecular weight is 190 g/mol. The van der Waals surface area contributed by atoms with Crippen LogP contribution in [-0.2, 0) is 0 Å². The summed E-state index contributed by atoms with van der Waals surface area (Å²) in [6.45, 7) is 2.11. The summed E-state index contributed by atoms with van der Waals surface area (Å²) in [5.41, 5.74) is 0.726. The summed E-state index contributed by atoms with van der Waals surface area (Å²) in [5.74, 6) is 1.70. The predicted octanol–water partition coefficient (Wildman–Crippen LogP) is 2.53. The molecule has 1 aliphatic carbocycles. The number of ether oxygens (including phenoxy) is 1. The normalized spacial score (nSPS) is 24.4. The molecule has 1 aromatic rings. The van der Waals surface area contributed by atoms with Gasteiger partial charge in [0.2, 0.25) is 0 Å². The van der Waals surface area contributed by atoms with E-state index in [4.69, 9.17) is 4.74 Å². The highest BCUT2D eigenvalue weighted by Crippen LogP contribution is 2.41. The number of para-hydroxylation sites is 1. The van der Waals surface area contributed by atoms with Crippen LogP contribution in [0.15, 0.2) is 24.3 Å². The van der Waals surface area contributed by atoms with Crippen molar-refractivity contribution in [2.75, 3.05) is 7.11 Å². The Morgan fingerprint density at radius 3 is 2.64 bits per heavy atom. The second-order valence-electron chi connectivity index (χ2n) is 3.88. The average Bonchev–Trinajstić information content (AvgIpc) is 2.94. The molecular formula is C12H14O2. The van der Waals surface area contributed by atoms with E-state index in [1.165, 1.54) is 0 Å². The van der Waals surface area contributed by atoms with Crippen LogP contribution < -0.4 is 4.74 Å². The zero-order valence-corrected chi connectivity index (χ0v) is 8.49. The van der Waals surface area contributed by atoms with Gasteiger partial charge in [-0.05, 0) is 24.5 Å². The van der Waals surface area contributed by atoms with Gasteiger partial charge in [-0.1, -0.05) is 19.1 Å². The summed E-state index contributed by atoms with van der Waals surface area (Å²) >= 11 is 0. The highest BCUT2D eigenvalue weighted by atomic mass is 16.5. The minimum Gasteiger partial charge on any atom is -0.496 e. The van der Waals surface area contributed by atoms with E-state index in [1.807, 2.05) is 24.3 Å². The molecule has 0 bridgehead atoms. The molecule has 0 amide bonds. The number of hydrogen-bond donors (Lipinski definition) is 0. The van der Waals surface area contributed by atoms with Crippen molar-refractivity contribution in [2.45, 2.75) is 13.3 Å². The van der Waals surface area contributed by atoms with E-state index in [9.17, 15) is 4.79 Å². The number of Topliss-reactive ketones (excluding diaryl/α,β-unsaturated/α-hetero) is 1. The third kappa shape index (κ3) is 1.52. The van der Waals surface area contributed by atoms with E-state index in [0.717, 1.165) is 12.0 Å². The number of ketones is 1. The van der Waals surface area contributed by atoms with Crippen molar-refractivity contribution in [2.24, 2.45) is 11.8 Å². The van der Waals surface area contributed by atoms with Crippen molar-refractivity contribution in [3.8, 4) is 5.75 Å². The van der Waals surface area contributed by atoms with Crippen LogP contribution in [0, 0.1) is 11.8 Å². The van der Waals surface area contributed by atoms with Crippen LogP contribution in [0.25, 0.3) is 0 Å². The topological polar surface area (TPSA) is 26.3 Å². The highest BCUT2D eigenvalue weighted by molar-refractivity contribution is 6.01. The summed E-state index contributed by atoms with van der Waals surface area (Å²) < 4.78 is 5.16. The van der Waals surface area contributed by atoms with E-state index in [-0.39, 0.29) is 11.7 Å². The molecule has 1 saturated carbocycles. The fourth-order valence-corrected chi connectivity index (χ4v) is 1.74. The van der Waals surface area contributed by atoms with Gasteiger partial charge in [0.25, 0.3) is 0 Å². The molecule has 1 fully saturated rings. The minimum absolute atomic E-state index is 0.228. The SMILES string of the molecule is COc1ccccc1C(=O)C1CC1C. The molecule has 2 atom stereocenters. The molecule has 0 radical (unpaired) electrons. The first kappa shape index (κ1) is 9.25. The molecule has 2 rings (SSSR count). The van der Waals surface area contributed by atoms with Gasteiger partial charge in [0.15, 0.2) is 5.78 Å². The van der Waals surface area contributed by atoms with Crippen molar-refractivity contribution in [1.82, 2.24) is 0 Å². The smallest absolute Gasteiger partial charge is 0.169 e. The molecule has 0 spiro atoms. The first-order valence-electron chi connectivity index (χ1n) is 4.91. The Balaban J connectivity index is 2.26. The maximum atomic E-state index is 11.9. The van der Waals surface area contributed by atoms with Gasteiger partial charge in [0.1, 0.15) is 5.75 Å². The lowest BCUT2D eigenvalue weighted by Gasteiger charge is -2.05. The molecule has 0 saturated heterocycles. The van der Waals surface area contributed by atoms with Gasteiger partial charge in [-0.25, -0.2) is 0 Å². The maximum Gasteiger partial charge on any atom is 0.169 e. The first-order chi connectivity index (χ1) is 6.74. The molecule has 2 unspecified atom stereocenters. The third-order valence-electron chi connectivity index (χ3n) is 2.82. The van der Waals surface area contributed by atoms with Crippen LogP contribution in [0.3, 0.4) is 0 Å². The Hall–Kier alpha value is -1.31. The summed E-state index contributed by atoms with van der Waals surface area (Å²) in [6.07, 6.45) is 1.02. The van der Waals surface area contributed by atoms with Gasteiger partial charge in [-0.2, -0.15) is 0 Å². The predicted molar refractivity (Wildman–Crippen MR) is 54.6 cm³/mol. The Morgan fingerprint density at radius 2 is 2.07 bits per heavy atom. The second-order valence-corrected chi connectivity index (χ2v) is 3.88. The zero-order valence-electron chi connectivity index (χ0n) is 8.49. The molecule has 74 valence electrons. The van der Waals surface area contributed by atoms with Gasteiger partial charge in [-0.3, -0.25) is 4.79 Å². The lowest BCUT2D eigenvalue weighted by molar-refractivity contribution is 0.0959. The van der Waals surface area contributed by atoms with Crippen LogP contribution >= 0.6 is 0 Å². The van der Waals surface area contributed by atoms with Crippen LogP contribution in [0.2, 0.25) is 0 Å². The van der Waals surface area contributed by atoms with Crippen LogP contribution in [0.4, 0.5) is 0 Å². The van der Waals surface area contributed by atoms with E-state index in [2.05, 4.69) is 6.92 Å². The lowest BCUT2D eigenvalue weighted by atomic mass is 10.1. The van der Waals surface area contributed by atoms with Crippen molar-refractivity contribution < 1.29 is 9.53 Å². The molecule has 1 aliphatic rings. The second kappa shape index (κ2) is 3.45. The summed E-state index contributed by atoms with van der Waals surface area (Å²) in [5, 5.41) is 0. The van der Waals surface area contributed by atoms with Gasteiger partial charge in [0.05, 0.1) is 12.7 Å². The third-order valence-corrected chi connectivity index (χ3v) is 2.82. The minimum atomic E-state index is 0.228. The van der Waals surface area contributed by atoms with Gasteiger partial charge >= 0.3 is 0 Å². The fraction of sp³-hybridized carbons (Fsp3) is 0.417. The fourth-order valence-electron chi connectivity index (χ4n) is 1.74. The van der Waals surface area contributed by atoms with Gasteiger partial charge < -0.3 is 4.74 Å². The number of rotatable bonds is 3. The van der Waals surface area contributed by atoms with E-state index in [1.54, 1.807) is 7.11 Å². The molecule has 14 heavy (non-hydrogen) atoms. The number of carbonyl (C=O) groups excluding carboxylic acids is 1. The summed E-state index contributed by atoms with van der Waals surface area (Å²) in [4.78, 5) is 11.9. The molecule has 0 aromatic heterocycles. The summed E-state index contributed by atoms with van der Waals surface area (Å²) in [7, 11) is 1.60. The first-order valence-corrected chi connectivity index (χ1v) is 4.91. The molecule has 0 heterocycles. The van der Waals surface area contributed by atoms with E-state index in [0.29, 0.717) is 11.7 Å². The molecule has 1 aromatic carbocycles. The quantitative estimate of drug-likeness (QED) is 0.684. The van der Waals surface area contributed by atoms with Gasteiger partial charge in [0, 0.05) is 5.92 Å². The molecule has 2 nitrogen and oxygen atoms in total. The Labute approximate surface area is 83.9 Å². The van der Waals surface area contributed by atoms with Crippen molar-refractivity contribution in [1.29, 1.82) is 0 Å². The van der Waals surface area contributed by atoms with Crippen molar-refractivity contribution in [3.05, 3.63) is 29.8 Å². The van der Waals surface area contributed by atoms with Gasteiger partial charge in [-0.15, -0.1) is 0 Å². The molecule has 0 N–H and O–H groups in total.